The van der Waals surface area contributed by atoms with Crippen molar-refractivity contribution in [1.29, 1.82) is 0 Å². The molecule has 2 aromatic heterocycles. The molecule has 9 nitrogen and oxygen atoms in total. The first-order valence-electron chi connectivity index (χ1n) is 6.80. The zero-order valence-electron chi connectivity index (χ0n) is 12.9. The molecule has 10 heteroatoms. The molecule has 2 rings (SSSR count). The number of carbonyl (C=O) groups excluding carboxylic acids is 2. The van der Waals surface area contributed by atoms with Gasteiger partial charge in [-0.3, -0.25) is 14.4 Å². The quantitative estimate of drug-likeness (QED) is 0.403. The van der Waals surface area contributed by atoms with E-state index in [2.05, 4.69) is 15.1 Å². The largest absolute Gasteiger partial charge is 0.394 e. The van der Waals surface area contributed by atoms with Gasteiger partial charge in [-0.2, -0.15) is 5.10 Å². The van der Waals surface area contributed by atoms with Crippen molar-refractivity contribution < 1.29 is 14.7 Å². The summed E-state index contributed by atoms with van der Waals surface area (Å²) >= 11 is 0.881. The van der Waals surface area contributed by atoms with Crippen LogP contribution >= 0.6 is 11.8 Å². The van der Waals surface area contributed by atoms with Gasteiger partial charge in [0.1, 0.15) is 10.6 Å². The van der Waals surface area contributed by atoms with E-state index in [1.165, 1.54) is 22.7 Å². The highest BCUT2D eigenvalue weighted by Crippen LogP contribution is 2.22. The average molecular weight is 339 g/mol. The fraction of sp³-hybridized carbons (Fsp3) is 0.462. The molecule has 23 heavy (non-hydrogen) atoms. The Labute approximate surface area is 135 Å². The first kappa shape index (κ1) is 17.2. The molecular formula is C13H17N5O4S. The third kappa shape index (κ3) is 3.59. The number of fused-ring (bicyclic) bond motifs is 1. The van der Waals surface area contributed by atoms with Crippen molar-refractivity contribution in [3.63, 3.8) is 0 Å². The Kier molecular flexibility index (Phi) is 5.16. The monoisotopic (exact) mass is 339 g/mol. The Morgan fingerprint density at radius 3 is 2.74 bits per heavy atom. The molecular weight excluding hydrogens is 322 g/mol. The number of aromatic amines is 1. The molecule has 0 saturated heterocycles. The van der Waals surface area contributed by atoms with E-state index in [-0.39, 0.29) is 35.4 Å². The number of nitrogens with one attached hydrogen (secondary N) is 1. The van der Waals surface area contributed by atoms with Crippen molar-refractivity contribution in [3.05, 3.63) is 16.6 Å². The van der Waals surface area contributed by atoms with E-state index in [0.29, 0.717) is 5.65 Å². The molecule has 2 N–H and O–H groups in total. The summed E-state index contributed by atoms with van der Waals surface area (Å²) in [7, 11) is 3.10. The summed E-state index contributed by atoms with van der Waals surface area (Å²) in [4.78, 5) is 44.0. The van der Waals surface area contributed by atoms with Crippen LogP contribution in [0.25, 0.3) is 11.0 Å². The second-order valence-electron chi connectivity index (χ2n) is 5.04. The molecule has 1 atom stereocenters. The van der Waals surface area contributed by atoms with Gasteiger partial charge in [0.2, 0.25) is 5.91 Å². The summed E-state index contributed by atoms with van der Waals surface area (Å²) in [6.45, 7) is 1.35. The van der Waals surface area contributed by atoms with Crippen molar-refractivity contribution in [2.45, 2.75) is 23.9 Å². The van der Waals surface area contributed by atoms with E-state index in [4.69, 9.17) is 5.11 Å². The summed E-state index contributed by atoms with van der Waals surface area (Å²) < 4.78 is 1.39. The number of aromatic nitrogens is 4. The fourth-order valence-corrected chi connectivity index (χ4v) is 2.90. The first-order chi connectivity index (χ1) is 10.8. The highest BCUT2D eigenvalue weighted by Gasteiger charge is 2.27. The predicted octanol–water partition coefficient (Wildman–Crippen LogP) is -0.750. The summed E-state index contributed by atoms with van der Waals surface area (Å²) in [5, 5.41) is 12.4. The third-order valence-corrected chi connectivity index (χ3v) is 4.25. The summed E-state index contributed by atoms with van der Waals surface area (Å²) in [5.74, 6) is -0.713. The second-order valence-corrected chi connectivity index (χ2v) is 6.13. The molecule has 0 spiro atoms. The van der Waals surface area contributed by atoms with Gasteiger partial charge in [0.25, 0.3) is 5.56 Å². The van der Waals surface area contributed by atoms with Gasteiger partial charge in [0, 0.05) is 14.1 Å². The smallest absolute Gasteiger partial charge is 0.262 e. The number of thioether (sulfide) groups is 1. The van der Waals surface area contributed by atoms with Crippen LogP contribution in [-0.2, 0) is 16.1 Å². The summed E-state index contributed by atoms with van der Waals surface area (Å²) in [5.41, 5.74) is -0.119. The van der Waals surface area contributed by atoms with Crippen LogP contribution < -0.4 is 5.56 Å². The molecule has 2 aromatic rings. The van der Waals surface area contributed by atoms with Gasteiger partial charge >= 0.3 is 0 Å². The van der Waals surface area contributed by atoms with E-state index >= 15 is 0 Å². The van der Waals surface area contributed by atoms with Gasteiger partial charge in [-0.15, -0.1) is 0 Å². The van der Waals surface area contributed by atoms with Crippen molar-refractivity contribution in [1.82, 2.24) is 24.6 Å². The summed E-state index contributed by atoms with van der Waals surface area (Å²) in [6, 6.07) is 0. The lowest BCUT2D eigenvalue weighted by molar-refractivity contribution is -0.132. The van der Waals surface area contributed by atoms with Crippen LogP contribution in [0.15, 0.2) is 16.1 Å². The molecule has 0 aliphatic rings. The fourth-order valence-electron chi connectivity index (χ4n) is 1.91. The van der Waals surface area contributed by atoms with Crippen molar-refractivity contribution in [2.24, 2.45) is 0 Å². The molecule has 0 aromatic carbocycles. The average Bonchev–Trinajstić information content (AvgIpc) is 2.88. The Hall–Kier alpha value is -2.20. The van der Waals surface area contributed by atoms with Crippen LogP contribution in [0.2, 0.25) is 0 Å². The number of nitrogens with zero attached hydrogens (tertiary/aromatic N) is 4. The molecule has 0 radical (unpaired) electrons. The molecule has 0 bridgehead atoms. The van der Waals surface area contributed by atoms with Crippen LogP contribution in [0.1, 0.15) is 6.92 Å². The molecule has 124 valence electrons. The number of hydrogen-bond donors (Lipinski definition) is 2. The van der Waals surface area contributed by atoms with E-state index in [1.807, 2.05) is 0 Å². The Balaban J connectivity index is 2.42. The van der Waals surface area contributed by atoms with Crippen molar-refractivity contribution in [2.75, 3.05) is 20.7 Å². The lowest BCUT2D eigenvalue weighted by atomic mass is 10.3. The molecule has 0 aliphatic carbocycles. The maximum absolute atomic E-state index is 12.1. The Morgan fingerprint density at radius 2 is 2.17 bits per heavy atom. The SMILES string of the molecule is CC(=O)[C@H](Sc1nc2c(cnn2CCO)c(=O)[nH]1)C(=O)N(C)C. The molecule has 0 saturated carbocycles. The minimum Gasteiger partial charge on any atom is -0.394 e. The standard InChI is InChI=1S/C13H17N5O4S/c1-7(20)9(12(22)17(2)3)23-13-15-10-8(11(21)16-13)6-14-18(10)4-5-19/h6,9,19H,4-5H2,1-3H3,(H,15,16,21)/t9-/m0/s1. The number of Topliss-reactive ketones (excluding diaryl/α,β-unsaturated/α-hetero) is 1. The van der Waals surface area contributed by atoms with Crippen LogP contribution in [0.5, 0.6) is 0 Å². The number of rotatable bonds is 6. The normalized spacial score (nSPS) is 12.3. The number of carbonyl (C=O) groups is 2. The third-order valence-electron chi connectivity index (χ3n) is 3.06. The van der Waals surface area contributed by atoms with Crippen LogP contribution in [0, 0.1) is 0 Å². The van der Waals surface area contributed by atoms with Crippen molar-refractivity contribution in [3.8, 4) is 0 Å². The van der Waals surface area contributed by atoms with Gasteiger partial charge in [-0.25, -0.2) is 9.67 Å². The maximum atomic E-state index is 12.1. The molecule has 0 aliphatic heterocycles. The van der Waals surface area contributed by atoms with Crippen molar-refractivity contribution >= 4 is 34.5 Å². The number of aliphatic hydroxyl groups is 1. The zero-order chi connectivity index (χ0) is 17.1. The van der Waals surface area contributed by atoms with Gasteiger partial charge in [-0.05, 0) is 6.92 Å². The molecule has 0 unspecified atom stereocenters. The number of hydrogen-bond acceptors (Lipinski definition) is 7. The maximum Gasteiger partial charge on any atom is 0.262 e. The Bertz CT molecular complexity index is 797. The molecule has 0 fully saturated rings. The minimum atomic E-state index is -0.986. The topological polar surface area (TPSA) is 121 Å². The summed E-state index contributed by atoms with van der Waals surface area (Å²) in [6.07, 6.45) is 1.36. The van der Waals surface area contributed by atoms with Gasteiger partial charge in [0.15, 0.2) is 16.6 Å². The highest BCUT2D eigenvalue weighted by molar-refractivity contribution is 8.01. The van der Waals surface area contributed by atoms with Crippen LogP contribution in [-0.4, -0.2) is 67.4 Å². The van der Waals surface area contributed by atoms with Crippen LogP contribution in [0.3, 0.4) is 0 Å². The predicted molar refractivity (Wildman–Crippen MR) is 84.3 cm³/mol. The molecule has 1 amide bonds. The van der Waals surface area contributed by atoms with E-state index in [0.717, 1.165) is 11.8 Å². The van der Waals surface area contributed by atoms with E-state index < -0.39 is 10.8 Å². The lowest BCUT2D eigenvalue weighted by Crippen LogP contribution is -2.36. The van der Waals surface area contributed by atoms with Gasteiger partial charge in [0.05, 0.1) is 19.3 Å². The zero-order valence-corrected chi connectivity index (χ0v) is 13.8. The molecule has 2 heterocycles. The second kappa shape index (κ2) is 6.92. The number of ketones is 1. The van der Waals surface area contributed by atoms with Gasteiger partial charge in [-0.1, -0.05) is 11.8 Å². The number of aliphatic hydroxyl groups excluding tert-OH is 1. The Morgan fingerprint density at radius 1 is 1.48 bits per heavy atom. The van der Waals surface area contributed by atoms with E-state index in [9.17, 15) is 14.4 Å². The first-order valence-corrected chi connectivity index (χ1v) is 7.68. The number of H-pyrrole nitrogens is 1. The number of amides is 1. The highest BCUT2D eigenvalue weighted by atomic mass is 32.2. The minimum absolute atomic E-state index is 0.150. The lowest BCUT2D eigenvalue weighted by Gasteiger charge is -2.17. The van der Waals surface area contributed by atoms with Gasteiger partial charge < -0.3 is 15.0 Å². The van der Waals surface area contributed by atoms with Crippen LogP contribution in [0.4, 0.5) is 0 Å². The van der Waals surface area contributed by atoms with E-state index in [1.54, 1.807) is 14.1 Å².